The maximum Gasteiger partial charge on any atom is 0.337 e. The van der Waals surface area contributed by atoms with Crippen molar-refractivity contribution in [2.75, 3.05) is 11.9 Å². The number of halogens is 1. The molecule has 1 fully saturated rings. The van der Waals surface area contributed by atoms with Gasteiger partial charge in [0.1, 0.15) is 0 Å². The van der Waals surface area contributed by atoms with Gasteiger partial charge in [-0.1, -0.05) is 15.9 Å². The van der Waals surface area contributed by atoms with Gasteiger partial charge < -0.3 is 15.2 Å². The fourth-order valence-corrected chi connectivity index (χ4v) is 2.71. The number of amides is 1. The molecule has 21 heavy (non-hydrogen) atoms. The number of carboxylic acid groups (broad SMARTS) is 1. The first-order chi connectivity index (χ1) is 10.1. The molecule has 1 aromatic carbocycles. The number of hydrogen-bond acceptors (Lipinski definition) is 3. The van der Waals surface area contributed by atoms with Crippen LogP contribution in [-0.2, 0) is 9.53 Å². The number of aromatic carboxylic acids is 1. The fourth-order valence-electron chi connectivity index (χ4n) is 2.35. The molecule has 0 aliphatic carbocycles. The van der Waals surface area contributed by atoms with Crippen LogP contribution in [0.25, 0.3) is 0 Å². The van der Waals surface area contributed by atoms with Gasteiger partial charge in [-0.25, -0.2) is 4.79 Å². The second-order valence-corrected chi connectivity index (χ2v) is 5.99. The highest BCUT2D eigenvalue weighted by molar-refractivity contribution is 9.10. The summed E-state index contributed by atoms with van der Waals surface area (Å²) in [6.07, 6.45) is 4.36. The lowest BCUT2D eigenvalue weighted by Crippen LogP contribution is -2.22. The SMILES string of the molecule is O=C(CCC1CCCCO1)Nc1cc(Br)ccc1C(=O)O. The Morgan fingerprint density at radius 3 is 2.86 bits per heavy atom. The van der Waals surface area contributed by atoms with E-state index < -0.39 is 5.97 Å². The summed E-state index contributed by atoms with van der Waals surface area (Å²) in [5.41, 5.74) is 0.395. The molecule has 0 bridgehead atoms. The van der Waals surface area contributed by atoms with Crippen LogP contribution in [0.5, 0.6) is 0 Å². The Labute approximate surface area is 131 Å². The average molecular weight is 356 g/mol. The van der Waals surface area contributed by atoms with Crippen LogP contribution in [0.1, 0.15) is 42.5 Å². The van der Waals surface area contributed by atoms with Crippen molar-refractivity contribution in [3.05, 3.63) is 28.2 Å². The number of hydrogen-bond donors (Lipinski definition) is 2. The van der Waals surface area contributed by atoms with Crippen LogP contribution in [0.4, 0.5) is 5.69 Å². The zero-order valence-corrected chi connectivity index (χ0v) is 13.2. The van der Waals surface area contributed by atoms with E-state index in [9.17, 15) is 9.59 Å². The molecule has 0 spiro atoms. The molecule has 1 atom stereocenters. The molecule has 1 unspecified atom stereocenters. The third kappa shape index (κ3) is 4.82. The summed E-state index contributed by atoms with van der Waals surface area (Å²) in [4.78, 5) is 23.1. The van der Waals surface area contributed by atoms with Gasteiger partial charge in [-0.3, -0.25) is 4.79 Å². The molecule has 0 aromatic heterocycles. The summed E-state index contributed by atoms with van der Waals surface area (Å²) < 4.78 is 6.30. The van der Waals surface area contributed by atoms with Crippen molar-refractivity contribution in [2.24, 2.45) is 0 Å². The van der Waals surface area contributed by atoms with Crippen LogP contribution in [-0.4, -0.2) is 29.7 Å². The summed E-state index contributed by atoms with van der Waals surface area (Å²) in [6, 6.07) is 4.69. The molecule has 1 aromatic rings. The lowest BCUT2D eigenvalue weighted by molar-refractivity contribution is -0.117. The minimum Gasteiger partial charge on any atom is -0.478 e. The van der Waals surface area contributed by atoms with Crippen LogP contribution in [0.15, 0.2) is 22.7 Å². The molecule has 2 rings (SSSR count). The average Bonchev–Trinajstić information content (AvgIpc) is 2.46. The molecule has 2 N–H and O–H groups in total. The first-order valence-electron chi connectivity index (χ1n) is 7.00. The standard InChI is InChI=1S/C15H18BrNO4/c16-10-4-6-12(15(19)20)13(9-10)17-14(18)7-5-11-3-1-2-8-21-11/h4,6,9,11H,1-3,5,7-8H2,(H,17,18)(H,19,20). The second kappa shape index (κ2) is 7.56. The Balaban J connectivity index is 1.92. The molecule has 0 saturated carbocycles. The molecule has 114 valence electrons. The predicted octanol–water partition coefficient (Wildman–Crippen LogP) is 3.44. The van der Waals surface area contributed by atoms with Crippen LogP contribution in [0.2, 0.25) is 0 Å². The number of rotatable bonds is 5. The zero-order chi connectivity index (χ0) is 15.2. The van der Waals surface area contributed by atoms with Crippen molar-refractivity contribution in [3.63, 3.8) is 0 Å². The number of ether oxygens (including phenoxy) is 1. The van der Waals surface area contributed by atoms with Gasteiger partial charge in [0.25, 0.3) is 0 Å². The molecule has 5 nitrogen and oxygen atoms in total. The largest absolute Gasteiger partial charge is 0.478 e. The van der Waals surface area contributed by atoms with E-state index in [1.54, 1.807) is 12.1 Å². The van der Waals surface area contributed by atoms with Crippen molar-refractivity contribution < 1.29 is 19.4 Å². The molecule has 1 heterocycles. The van der Waals surface area contributed by atoms with Gasteiger partial charge in [-0.05, 0) is 43.9 Å². The van der Waals surface area contributed by atoms with E-state index in [0.29, 0.717) is 18.5 Å². The first-order valence-corrected chi connectivity index (χ1v) is 7.80. The van der Waals surface area contributed by atoms with Gasteiger partial charge >= 0.3 is 5.97 Å². The van der Waals surface area contributed by atoms with Crippen molar-refractivity contribution in [2.45, 2.75) is 38.2 Å². The maximum absolute atomic E-state index is 12.0. The predicted molar refractivity (Wildman–Crippen MR) is 82.6 cm³/mol. The summed E-state index contributed by atoms with van der Waals surface area (Å²) in [6.45, 7) is 0.765. The molecule has 1 amide bonds. The van der Waals surface area contributed by atoms with Crippen molar-refractivity contribution in [1.29, 1.82) is 0 Å². The van der Waals surface area contributed by atoms with Crippen molar-refractivity contribution in [1.82, 2.24) is 0 Å². The Hall–Kier alpha value is -1.40. The molecular weight excluding hydrogens is 338 g/mol. The highest BCUT2D eigenvalue weighted by Gasteiger charge is 2.17. The monoisotopic (exact) mass is 355 g/mol. The van der Waals surface area contributed by atoms with Crippen LogP contribution < -0.4 is 5.32 Å². The Kier molecular flexibility index (Phi) is 5.76. The van der Waals surface area contributed by atoms with E-state index in [0.717, 1.165) is 30.3 Å². The molecule has 1 saturated heterocycles. The van der Waals surface area contributed by atoms with Crippen LogP contribution in [0, 0.1) is 0 Å². The van der Waals surface area contributed by atoms with E-state index in [4.69, 9.17) is 9.84 Å². The minimum atomic E-state index is -1.06. The van der Waals surface area contributed by atoms with Crippen LogP contribution >= 0.6 is 15.9 Å². The smallest absolute Gasteiger partial charge is 0.337 e. The second-order valence-electron chi connectivity index (χ2n) is 5.07. The summed E-state index contributed by atoms with van der Waals surface area (Å²) in [5.74, 6) is -1.25. The van der Waals surface area contributed by atoms with Gasteiger partial charge in [0.15, 0.2) is 0 Å². The summed E-state index contributed by atoms with van der Waals surface area (Å²) >= 11 is 3.27. The number of carboxylic acids is 1. The van der Waals surface area contributed by atoms with E-state index in [2.05, 4.69) is 21.2 Å². The van der Waals surface area contributed by atoms with Gasteiger partial charge in [-0.2, -0.15) is 0 Å². The van der Waals surface area contributed by atoms with Crippen molar-refractivity contribution >= 4 is 33.5 Å². The summed E-state index contributed by atoms with van der Waals surface area (Å²) in [7, 11) is 0. The number of carbonyl (C=O) groups excluding carboxylic acids is 1. The number of carbonyl (C=O) groups is 2. The third-order valence-electron chi connectivity index (χ3n) is 3.45. The molecule has 1 aliphatic heterocycles. The number of nitrogens with one attached hydrogen (secondary N) is 1. The molecular formula is C15H18BrNO4. The quantitative estimate of drug-likeness (QED) is 0.848. The van der Waals surface area contributed by atoms with Crippen LogP contribution in [0.3, 0.4) is 0 Å². The molecule has 6 heteroatoms. The van der Waals surface area contributed by atoms with Gasteiger partial charge in [0, 0.05) is 17.5 Å². The number of benzene rings is 1. The van der Waals surface area contributed by atoms with E-state index in [-0.39, 0.29) is 17.6 Å². The Morgan fingerprint density at radius 1 is 1.38 bits per heavy atom. The molecule has 0 radical (unpaired) electrons. The number of anilines is 1. The normalized spacial score (nSPS) is 18.2. The highest BCUT2D eigenvalue weighted by atomic mass is 79.9. The topological polar surface area (TPSA) is 75.6 Å². The lowest BCUT2D eigenvalue weighted by Gasteiger charge is -2.22. The van der Waals surface area contributed by atoms with E-state index in [1.165, 1.54) is 6.07 Å². The Morgan fingerprint density at radius 2 is 2.19 bits per heavy atom. The van der Waals surface area contributed by atoms with Gasteiger partial charge in [-0.15, -0.1) is 0 Å². The van der Waals surface area contributed by atoms with E-state index >= 15 is 0 Å². The lowest BCUT2D eigenvalue weighted by atomic mass is 10.0. The van der Waals surface area contributed by atoms with Gasteiger partial charge in [0.05, 0.1) is 17.4 Å². The van der Waals surface area contributed by atoms with Gasteiger partial charge in [0.2, 0.25) is 5.91 Å². The first kappa shape index (κ1) is 16.0. The summed E-state index contributed by atoms with van der Waals surface area (Å²) in [5, 5.41) is 11.8. The van der Waals surface area contributed by atoms with E-state index in [1.807, 2.05) is 0 Å². The zero-order valence-electron chi connectivity index (χ0n) is 11.6. The van der Waals surface area contributed by atoms with Crippen molar-refractivity contribution in [3.8, 4) is 0 Å². The minimum absolute atomic E-state index is 0.0838. The molecule has 1 aliphatic rings. The Bertz CT molecular complexity index is 526. The fraction of sp³-hybridized carbons (Fsp3) is 0.467. The third-order valence-corrected chi connectivity index (χ3v) is 3.95. The highest BCUT2D eigenvalue weighted by Crippen LogP contribution is 2.22. The maximum atomic E-state index is 12.0.